The van der Waals surface area contributed by atoms with E-state index in [2.05, 4.69) is 0 Å². The lowest BCUT2D eigenvalue weighted by molar-refractivity contribution is -0.355. The van der Waals surface area contributed by atoms with Crippen molar-refractivity contribution in [1.29, 1.82) is 0 Å². The largest absolute Gasteiger partial charge is 0.394 e. The SMILES string of the molecule is CCCCOC[C@H]1O[C@@H](O[C@H]2[C@H](O)[C@@H](O)[C@H](O)O[C@@H]2CO)[C@H](O)[C@@H](O)[C@@H]1O. The van der Waals surface area contributed by atoms with Crippen molar-refractivity contribution in [3.05, 3.63) is 0 Å². The number of hydrogen-bond donors (Lipinski definition) is 7. The number of rotatable bonds is 8. The van der Waals surface area contributed by atoms with Crippen LogP contribution in [0.5, 0.6) is 0 Å². The molecule has 0 unspecified atom stereocenters. The van der Waals surface area contributed by atoms with E-state index in [1.165, 1.54) is 0 Å². The summed E-state index contributed by atoms with van der Waals surface area (Å²) in [6.45, 7) is 1.71. The molecule has 2 heterocycles. The van der Waals surface area contributed by atoms with Crippen molar-refractivity contribution >= 4 is 0 Å². The van der Waals surface area contributed by atoms with Gasteiger partial charge in [-0.05, 0) is 6.42 Å². The molecule has 27 heavy (non-hydrogen) atoms. The standard InChI is InChI=1S/C16H30O11/c1-2-3-4-24-6-8-9(18)10(19)13(22)16(26-8)27-14-7(5-17)25-15(23)12(21)11(14)20/h7-23H,2-6H2,1H3/t7-,8-,9-,10+,11-,12-,13-,14-,15-,16+/m1/s1. The van der Waals surface area contributed by atoms with Gasteiger partial charge in [0.2, 0.25) is 0 Å². The number of ether oxygens (including phenoxy) is 4. The van der Waals surface area contributed by atoms with E-state index in [1.807, 2.05) is 6.92 Å². The maximum absolute atomic E-state index is 10.1. The van der Waals surface area contributed by atoms with Crippen LogP contribution in [0.25, 0.3) is 0 Å². The Morgan fingerprint density at radius 1 is 0.815 bits per heavy atom. The predicted molar refractivity (Wildman–Crippen MR) is 87.3 cm³/mol. The molecule has 160 valence electrons. The summed E-state index contributed by atoms with van der Waals surface area (Å²) in [6.07, 6.45) is -13.1. The third kappa shape index (κ3) is 5.34. The van der Waals surface area contributed by atoms with E-state index in [1.54, 1.807) is 0 Å². The highest BCUT2D eigenvalue weighted by Crippen LogP contribution is 2.28. The summed E-state index contributed by atoms with van der Waals surface area (Å²) in [5.74, 6) is 0. The van der Waals surface area contributed by atoms with Gasteiger partial charge in [0.25, 0.3) is 0 Å². The first-order valence-electron chi connectivity index (χ1n) is 9.05. The number of aliphatic hydroxyl groups excluding tert-OH is 7. The van der Waals surface area contributed by atoms with Crippen LogP contribution in [0.3, 0.4) is 0 Å². The first kappa shape index (κ1) is 22.8. The molecule has 10 atom stereocenters. The van der Waals surface area contributed by atoms with E-state index in [0.29, 0.717) is 6.61 Å². The van der Waals surface area contributed by atoms with E-state index >= 15 is 0 Å². The Kier molecular flexibility index (Phi) is 8.77. The van der Waals surface area contributed by atoms with Gasteiger partial charge >= 0.3 is 0 Å². The van der Waals surface area contributed by atoms with Crippen molar-refractivity contribution in [2.24, 2.45) is 0 Å². The second-order valence-electron chi connectivity index (χ2n) is 6.77. The molecule has 11 nitrogen and oxygen atoms in total. The minimum absolute atomic E-state index is 0.0563. The minimum Gasteiger partial charge on any atom is -0.394 e. The molecule has 0 amide bonds. The summed E-state index contributed by atoms with van der Waals surface area (Å²) in [4.78, 5) is 0. The molecule has 2 fully saturated rings. The molecule has 0 bridgehead atoms. The Balaban J connectivity index is 2.03. The van der Waals surface area contributed by atoms with Crippen molar-refractivity contribution in [2.45, 2.75) is 81.2 Å². The molecule has 2 aliphatic rings. The monoisotopic (exact) mass is 398 g/mol. The highest BCUT2D eigenvalue weighted by molar-refractivity contribution is 4.93. The normalized spacial score (nSPS) is 45.8. The maximum Gasteiger partial charge on any atom is 0.187 e. The lowest BCUT2D eigenvalue weighted by Crippen LogP contribution is -2.64. The van der Waals surface area contributed by atoms with Crippen LogP contribution in [0, 0.1) is 0 Å². The van der Waals surface area contributed by atoms with Crippen LogP contribution in [0.2, 0.25) is 0 Å². The fourth-order valence-electron chi connectivity index (χ4n) is 3.00. The van der Waals surface area contributed by atoms with Gasteiger partial charge in [0, 0.05) is 6.61 Å². The lowest BCUT2D eigenvalue weighted by atomic mass is 9.97. The van der Waals surface area contributed by atoms with Gasteiger partial charge in [-0.25, -0.2) is 0 Å². The molecule has 0 saturated carbocycles. The van der Waals surface area contributed by atoms with Crippen LogP contribution in [0.1, 0.15) is 19.8 Å². The molecule has 2 saturated heterocycles. The Bertz CT molecular complexity index is 437. The Hall–Kier alpha value is -0.440. The summed E-state index contributed by atoms with van der Waals surface area (Å²) in [7, 11) is 0. The Labute approximate surface area is 156 Å². The highest BCUT2D eigenvalue weighted by Gasteiger charge is 2.50. The van der Waals surface area contributed by atoms with Crippen molar-refractivity contribution < 1.29 is 54.7 Å². The lowest BCUT2D eigenvalue weighted by Gasteiger charge is -2.45. The fraction of sp³-hybridized carbons (Fsp3) is 1.00. The van der Waals surface area contributed by atoms with E-state index in [-0.39, 0.29) is 6.61 Å². The summed E-state index contributed by atoms with van der Waals surface area (Å²) in [5, 5.41) is 69.0. The highest BCUT2D eigenvalue weighted by atomic mass is 16.7. The zero-order chi connectivity index (χ0) is 20.1. The molecule has 0 aromatic heterocycles. The van der Waals surface area contributed by atoms with Gasteiger partial charge < -0.3 is 54.7 Å². The maximum atomic E-state index is 10.1. The van der Waals surface area contributed by atoms with Crippen molar-refractivity contribution in [1.82, 2.24) is 0 Å². The Morgan fingerprint density at radius 2 is 1.52 bits per heavy atom. The van der Waals surface area contributed by atoms with Gasteiger partial charge in [0.15, 0.2) is 12.6 Å². The molecule has 0 spiro atoms. The Morgan fingerprint density at radius 3 is 2.15 bits per heavy atom. The number of hydrogen-bond acceptors (Lipinski definition) is 11. The van der Waals surface area contributed by atoms with Crippen molar-refractivity contribution in [3.63, 3.8) is 0 Å². The average molecular weight is 398 g/mol. The van der Waals surface area contributed by atoms with Gasteiger partial charge in [0.1, 0.15) is 48.8 Å². The van der Waals surface area contributed by atoms with Crippen LogP contribution < -0.4 is 0 Å². The topological polar surface area (TPSA) is 179 Å². The molecular weight excluding hydrogens is 368 g/mol. The number of aliphatic hydroxyl groups is 7. The molecule has 2 rings (SSSR count). The van der Waals surface area contributed by atoms with Gasteiger partial charge in [-0.3, -0.25) is 0 Å². The van der Waals surface area contributed by atoms with Gasteiger partial charge in [-0.1, -0.05) is 13.3 Å². The first-order valence-corrected chi connectivity index (χ1v) is 9.05. The van der Waals surface area contributed by atoms with Crippen molar-refractivity contribution in [3.8, 4) is 0 Å². The van der Waals surface area contributed by atoms with Gasteiger partial charge in [-0.2, -0.15) is 0 Å². The van der Waals surface area contributed by atoms with Gasteiger partial charge in [0.05, 0.1) is 13.2 Å². The van der Waals surface area contributed by atoms with E-state index in [9.17, 15) is 35.7 Å². The van der Waals surface area contributed by atoms with Gasteiger partial charge in [-0.15, -0.1) is 0 Å². The zero-order valence-electron chi connectivity index (χ0n) is 15.1. The first-order chi connectivity index (χ1) is 12.8. The molecule has 7 N–H and O–H groups in total. The minimum atomic E-state index is -1.72. The number of unbranched alkanes of at least 4 members (excludes halogenated alkanes) is 1. The molecular formula is C16H30O11. The van der Waals surface area contributed by atoms with E-state index in [0.717, 1.165) is 12.8 Å². The van der Waals surface area contributed by atoms with Crippen LogP contribution >= 0.6 is 0 Å². The van der Waals surface area contributed by atoms with Crippen LogP contribution in [0.15, 0.2) is 0 Å². The summed E-state index contributed by atoms with van der Waals surface area (Å²) in [5.41, 5.74) is 0. The van der Waals surface area contributed by atoms with Crippen LogP contribution in [0.4, 0.5) is 0 Å². The summed E-state index contributed by atoms with van der Waals surface area (Å²) in [6, 6.07) is 0. The molecule has 2 aliphatic heterocycles. The third-order valence-electron chi connectivity index (χ3n) is 4.72. The quantitative estimate of drug-likeness (QED) is 0.201. The third-order valence-corrected chi connectivity index (χ3v) is 4.72. The van der Waals surface area contributed by atoms with Crippen molar-refractivity contribution in [2.75, 3.05) is 19.8 Å². The molecule has 11 heteroatoms. The average Bonchev–Trinajstić information content (AvgIpc) is 2.66. The zero-order valence-corrected chi connectivity index (χ0v) is 15.1. The fourth-order valence-corrected chi connectivity index (χ4v) is 3.00. The second-order valence-corrected chi connectivity index (χ2v) is 6.77. The van der Waals surface area contributed by atoms with E-state index < -0.39 is 68.0 Å². The molecule has 0 aliphatic carbocycles. The van der Waals surface area contributed by atoms with E-state index in [4.69, 9.17) is 18.9 Å². The molecule has 0 radical (unpaired) electrons. The summed E-state index contributed by atoms with van der Waals surface area (Å²) >= 11 is 0. The van der Waals surface area contributed by atoms with Crippen LogP contribution in [-0.4, -0.2) is 117 Å². The smallest absolute Gasteiger partial charge is 0.187 e. The molecule has 0 aromatic carbocycles. The summed E-state index contributed by atoms with van der Waals surface area (Å²) < 4.78 is 21.3. The predicted octanol–water partition coefficient (Wildman–Crippen LogP) is -3.57. The second kappa shape index (κ2) is 10.4. The molecule has 0 aromatic rings. The van der Waals surface area contributed by atoms with Crippen LogP contribution in [-0.2, 0) is 18.9 Å².